The monoisotopic (exact) mass is 364 g/mol. The molecule has 0 aromatic heterocycles. The molecule has 0 N–H and O–H groups in total. The molecule has 0 rings (SSSR count). The van der Waals surface area contributed by atoms with Crippen LogP contribution < -0.4 is 0 Å². The number of allylic oxidation sites excluding steroid dienone is 2. The first-order valence-electron chi connectivity index (χ1n) is 12.5. The van der Waals surface area contributed by atoms with Gasteiger partial charge in [0, 0.05) is 0 Å². The van der Waals surface area contributed by atoms with Crippen molar-refractivity contribution in [1.29, 1.82) is 0 Å². The number of unbranched alkanes of at least 4 members (excludes halogenated alkanes) is 16. The third-order valence-corrected chi connectivity index (χ3v) is 5.69. The van der Waals surface area contributed by atoms with E-state index in [1.54, 1.807) is 5.57 Å². The molecular weight excluding hydrogens is 312 g/mol. The number of hydrogen-bond donors (Lipinski definition) is 0. The van der Waals surface area contributed by atoms with Gasteiger partial charge in [0.1, 0.15) is 0 Å². The molecule has 0 nitrogen and oxygen atoms in total. The molecule has 26 heavy (non-hydrogen) atoms. The molecule has 0 amide bonds. The maximum absolute atomic E-state index is 2.63. The second-order valence-electron chi connectivity index (χ2n) is 8.45. The van der Waals surface area contributed by atoms with Crippen molar-refractivity contribution in [2.75, 3.05) is 0 Å². The molecule has 156 valence electrons. The Morgan fingerprint density at radius 2 is 0.769 bits per heavy atom. The fourth-order valence-corrected chi connectivity index (χ4v) is 3.82. The first kappa shape index (κ1) is 25.7. The van der Waals surface area contributed by atoms with Crippen molar-refractivity contribution in [3.63, 3.8) is 0 Å². The molecule has 0 aromatic rings. The van der Waals surface area contributed by atoms with Gasteiger partial charge >= 0.3 is 0 Å². The summed E-state index contributed by atoms with van der Waals surface area (Å²) in [7, 11) is 0. The van der Waals surface area contributed by atoms with Gasteiger partial charge in [-0.1, -0.05) is 129 Å². The summed E-state index contributed by atoms with van der Waals surface area (Å²) in [6, 6.07) is 0. The van der Waals surface area contributed by atoms with Gasteiger partial charge in [-0.2, -0.15) is 0 Å². The van der Waals surface area contributed by atoms with Gasteiger partial charge in [0.25, 0.3) is 0 Å². The quantitative estimate of drug-likeness (QED) is 0.140. The van der Waals surface area contributed by atoms with E-state index in [1.807, 2.05) is 0 Å². The first-order valence-corrected chi connectivity index (χ1v) is 12.5. The van der Waals surface area contributed by atoms with Crippen LogP contribution in [0.2, 0.25) is 0 Å². The summed E-state index contributed by atoms with van der Waals surface area (Å²) in [5.74, 6) is 0. The molecular formula is C26H52. The van der Waals surface area contributed by atoms with Gasteiger partial charge in [0.05, 0.1) is 0 Å². The standard InChI is InChI=1S/C26H52/c1-4-7-10-13-16-19-22-25-26(23-20-17-14-11-8-5-2)24-21-18-15-12-9-6-3/h23H,4-22,24-25H2,1-3H3/b26-23+. The lowest BCUT2D eigenvalue weighted by Crippen LogP contribution is -1.89. The van der Waals surface area contributed by atoms with E-state index in [0.717, 1.165) is 0 Å². The molecule has 0 bridgehead atoms. The zero-order valence-corrected chi connectivity index (χ0v) is 18.9. The van der Waals surface area contributed by atoms with Gasteiger partial charge in [-0.05, 0) is 38.5 Å². The van der Waals surface area contributed by atoms with E-state index in [4.69, 9.17) is 0 Å². The van der Waals surface area contributed by atoms with E-state index in [-0.39, 0.29) is 0 Å². The molecule has 0 heteroatoms. The molecule has 0 aliphatic rings. The molecule has 0 saturated heterocycles. The Bertz CT molecular complexity index is 276. The normalized spacial score (nSPS) is 12.0. The molecule has 0 heterocycles. The second-order valence-corrected chi connectivity index (χ2v) is 8.45. The third-order valence-electron chi connectivity index (χ3n) is 5.69. The number of hydrogen-bond acceptors (Lipinski definition) is 0. The maximum atomic E-state index is 2.63. The molecule has 0 saturated carbocycles. The predicted molar refractivity (Wildman–Crippen MR) is 122 cm³/mol. The molecule has 0 spiro atoms. The lowest BCUT2D eigenvalue weighted by molar-refractivity contribution is 0.573. The molecule has 0 fully saturated rings. The summed E-state index contributed by atoms with van der Waals surface area (Å²) in [4.78, 5) is 0. The van der Waals surface area contributed by atoms with Gasteiger partial charge in [0.2, 0.25) is 0 Å². The Morgan fingerprint density at radius 1 is 0.423 bits per heavy atom. The summed E-state index contributed by atoms with van der Waals surface area (Å²) >= 11 is 0. The van der Waals surface area contributed by atoms with Gasteiger partial charge < -0.3 is 0 Å². The molecule has 0 aromatic carbocycles. The Hall–Kier alpha value is -0.260. The van der Waals surface area contributed by atoms with Crippen LogP contribution in [0.3, 0.4) is 0 Å². The lowest BCUT2D eigenvalue weighted by Gasteiger charge is -2.09. The highest BCUT2D eigenvalue weighted by Crippen LogP contribution is 2.20. The van der Waals surface area contributed by atoms with Crippen LogP contribution in [0.15, 0.2) is 11.6 Å². The van der Waals surface area contributed by atoms with E-state index in [2.05, 4.69) is 26.8 Å². The van der Waals surface area contributed by atoms with E-state index >= 15 is 0 Å². The predicted octanol–water partition coefficient (Wildman–Crippen LogP) is 10.2. The van der Waals surface area contributed by atoms with E-state index in [1.165, 1.54) is 135 Å². The third kappa shape index (κ3) is 20.1. The Labute approximate surface area is 167 Å². The minimum absolute atomic E-state index is 1.34. The van der Waals surface area contributed by atoms with E-state index in [0.29, 0.717) is 0 Å². The Kier molecular flexibility index (Phi) is 22.6. The van der Waals surface area contributed by atoms with Gasteiger partial charge in [0.15, 0.2) is 0 Å². The molecule has 0 atom stereocenters. The van der Waals surface area contributed by atoms with Gasteiger partial charge in [-0.15, -0.1) is 0 Å². The minimum atomic E-state index is 1.34. The van der Waals surface area contributed by atoms with Crippen LogP contribution in [0.25, 0.3) is 0 Å². The minimum Gasteiger partial charge on any atom is -0.0853 e. The Morgan fingerprint density at radius 3 is 1.19 bits per heavy atom. The van der Waals surface area contributed by atoms with Crippen LogP contribution in [0.4, 0.5) is 0 Å². The molecule has 0 aliphatic carbocycles. The topological polar surface area (TPSA) is 0 Å². The molecule has 0 unspecified atom stereocenters. The van der Waals surface area contributed by atoms with E-state index in [9.17, 15) is 0 Å². The van der Waals surface area contributed by atoms with Crippen molar-refractivity contribution < 1.29 is 0 Å². The fraction of sp³-hybridized carbons (Fsp3) is 0.923. The summed E-state index contributed by atoms with van der Waals surface area (Å²) in [5.41, 5.74) is 1.80. The van der Waals surface area contributed by atoms with Crippen LogP contribution >= 0.6 is 0 Å². The number of rotatable bonds is 21. The van der Waals surface area contributed by atoms with Crippen molar-refractivity contribution in [1.82, 2.24) is 0 Å². The van der Waals surface area contributed by atoms with E-state index < -0.39 is 0 Å². The zero-order chi connectivity index (χ0) is 19.1. The highest BCUT2D eigenvalue weighted by Gasteiger charge is 2.00. The first-order chi connectivity index (χ1) is 12.8. The lowest BCUT2D eigenvalue weighted by atomic mass is 9.98. The summed E-state index contributed by atoms with van der Waals surface area (Å²) < 4.78 is 0. The second kappa shape index (κ2) is 22.8. The fourth-order valence-electron chi connectivity index (χ4n) is 3.82. The van der Waals surface area contributed by atoms with Gasteiger partial charge in [-0.3, -0.25) is 0 Å². The van der Waals surface area contributed by atoms with Crippen molar-refractivity contribution in [3.8, 4) is 0 Å². The maximum Gasteiger partial charge on any atom is -0.0320 e. The van der Waals surface area contributed by atoms with Crippen LogP contribution in [0.5, 0.6) is 0 Å². The molecule has 0 radical (unpaired) electrons. The smallest absolute Gasteiger partial charge is 0.0320 e. The summed E-state index contributed by atoms with van der Waals surface area (Å²) in [6.07, 6.45) is 32.4. The van der Waals surface area contributed by atoms with Crippen molar-refractivity contribution in [2.45, 2.75) is 156 Å². The van der Waals surface area contributed by atoms with Crippen molar-refractivity contribution in [3.05, 3.63) is 11.6 Å². The molecule has 0 aliphatic heterocycles. The van der Waals surface area contributed by atoms with Crippen LogP contribution in [-0.4, -0.2) is 0 Å². The van der Waals surface area contributed by atoms with Crippen molar-refractivity contribution >= 4 is 0 Å². The van der Waals surface area contributed by atoms with Crippen LogP contribution in [-0.2, 0) is 0 Å². The van der Waals surface area contributed by atoms with Crippen LogP contribution in [0.1, 0.15) is 156 Å². The van der Waals surface area contributed by atoms with Gasteiger partial charge in [-0.25, -0.2) is 0 Å². The summed E-state index contributed by atoms with van der Waals surface area (Å²) in [5, 5.41) is 0. The van der Waals surface area contributed by atoms with Crippen molar-refractivity contribution in [2.24, 2.45) is 0 Å². The SMILES string of the molecule is CCCCCCC/C=C(\CCCCCCCC)CCCCCCCCC. The highest BCUT2D eigenvalue weighted by molar-refractivity contribution is 5.01. The largest absolute Gasteiger partial charge is 0.0853 e. The summed E-state index contributed by atoms with van der Waals surface area (Å²) in [6.45, 7) is 6.92. The average molecular weight is 365 g/mol. The highest BCUT2D eigenvalue weighted by atomic mass is 14.1. The Balaban J connectivity index is 3.90. The zero-order valence-electron chi connectivity index (χ0n) is 18.9. The average Bonchev–Trinajstić information content (AvgIpc) is 2.65. The van der Waals surface area contributed by atoms with Crippen LogP contribution in [0, 0.1) is 0 Å².